The van der Waals surface area contributed by atoms with Crippen LogP contribution >= 0.6 is 11.8 Å². The molecule has 3 rings (SSSR count). The second-order valence-corrected chi connectivity index (χ2v) is 8.61. The van der Waals surface area contributed by atoms with E-state index in [1.54, 1.807) is 36.0 Å². The van der Waals surface area contributed by atoms with Crippen molar-refractivity contribution < 1.29 is 28.5 Å². The standard InChI is InChI=1S/C24H28O6S/c1-4-31-24-22(27-15-18-11-7-5-8-12-18)21(29-17(3)25)20(16(2)28-24)30-23(26)19-13-9-6-10-14-19/h5-14,16,20-22,24H,4,15H2,1-3H3/t16-,20+,21+,22-,24?/m0/s1. The second kappa shape index (κ2) is 11.3. The van der Waals surface area contributed by atoms with E-state index in [4.69, 9.17) is 18.9 Å². The molecule has 5 atom stereocenters. The molecule has 1 aliphatic rings. The summed E-state index contributed by atoms with van der Waals surface area (Å²) in [7, 11) is 0. The third-order valence-corrected chi connectivity index (χ3v) is 5.94. The largest absolute Gasteiger partial charge is 0.456 e. The lowest BCUT2D eigenvalue weighted by atomic mass is 9.99. The molecule has 0 bridgehead atoms. The molecule has 0 spiro atoms. The summed E-state index contributed by atoms with van der Waals surface area (Å²) in [5, 5.41) is 0. The first-order chi connectivity index (χ1) is 15.0. The maximum absolute atomic E-state index is 12.7. The number of hydrogen-bond donors (Lipinski definition) is 0. The summed E-state index contributed by atoms with van der Waals surface area (Å²) >= 11 is 1.57. The maximum Gasteiger partial charge on any atom is 0.338 e. The van der Waals surface area contributed by atoms with Gasteiger partial charge >= 0.3 is 11.9 Å². The number of carbonyl (C=O) groups is 2. The van der Waals surface area contributed by atoms with Crippen LogP contribution < -0.4 is 0 Å². The van der Waals surface area contributed by atoms with Crippen molar-refractivity contribution in [1.29, 1.82) is 0 Å². The Balaban J connectivity index is 1.84. The highest BCUT2D eigenvalue weighted by Gasteiger charge is 2.49. The van der Waals surface area contributed by atoms with Crippen LogP contribution in [-0.2, 0) is 30.3 Å². The zero-order valence-electron chi connectivity index (χ0n) is 17.9. The number of ether oxygens (including phenoxy) is 4. The number of hydrogen-bond acceptors (Lipinski definition) is 7. The lowest BCUT2D eigenvalue weighted by Crippen LogP contribution is -2.59. The van der Waals surface area contributed by atoms with Crippen molar-refractivity contribution in [3.05, 3.63) is 71.8 Å². The molecule has 166 valence electrons. The molecular weight excluding hydrogens is 416 g/mol. The van der Waals surface area contributed by atoms with E-state index in [-0.39, 0.29) is 5.44 Å². The molecule has 0 saturated carbocycles. The smallest absolute Gasteiger partial charge is 0.338 e. The Morgan fingerprint density at radius 3 is 2.19 bits per heavy atom. The molecule has 6 nitrogen and oxygen atoms in total. The van der Waals surface area contributed by atoms with Gasteiger partial charge in [0.1, 0.15) is 11.5 Å². The quantitative estimate of drug-likeness (QED) is 0.564. The minimum atomic E-state index is -0.800. The minimum Gasteiger partial charge on any atom is -0.456 e. The van der Waals surface area contributed by atoms with Gasteiger partial charge in [0.25, 0.3) is 0 Å². The van der Waals surface area contributed by atoms with E-state index >= 15 is 0 Å². The molecule has 1 fully saturated rings. The van der Waals surface area contributed by atoms with Crippen LogP contribution in [0.25, 0.3) is 0 Å². The van der Waals surface area contributed by atoms with Gasteiger partial charge in [0.05, 0.1) is 18.3 Å². The first kappa shape index (κ1) is 23.3. The lowest BCUT2D eigenvalue weighted by Gasteiger charge is -2.44. The Hall–Kier alpha value is -2.35. The number of esters is 2. The number of benzene rings is 2. The molecule has 2 aromatic rings. The average Bonchev–Trinajstić information content (AvgIpc) is 2.77. The van der Waals surface area contributed by atoms with Gasteiger partial charge < -0.3 is 18.9 Å². The fourth-order valence-electron chi connectivity index (χ4n) is 3.47. The van der Waals surface area contributed by atoms with Crippen LogP contribution in [0.4, 0.5) is 0 Å². The van der Waals surface area contributed by atoms with Gasteiger partial charge in [-0.3, -0.25) is 4.79 Å². The van der Waals surface area contributed by atoms with Crippen molar-refractivity contribution in [2.24, 2.45) is 0 Å². The summed E-state index contributed by atoms with van der Waals surface area (Å²) in [5.74, 6) is -0.167. The molecule has 1 unspecified atom stereocenters. The van der Waals surface area contributed by atoms with Crippen LogP contribution in [0.5, 0.6) is 0 Å². The molecule has 31 heavy (non-hydrogen) atoms. The second-order valence-electron chi connectivity index (χ2n) is 7.24. The molecule has 0 aliphatic carbocycles. The summed E-state index contributed by atoms with van der Waals surface area (Å²) in [6.45, 7) is 5.50. The summed E-state index contributed by atoms with van der Waals surface area (Å²) in [6.07, 6.45) is -2.66. The topological polar surface area (TPSA) is 71.1 Å². The van der Waals surface area contributed by atoms with Gasteiger partial charge in [0, 0.05) is 6.92 Å². The highest BCUT2D eigenvalue weighted by molar-refractivity contribution is 7.99. The Morgan fingerprint density at radius 1 is 0.935 bits per heavy atom. The zero-order valence-corrected chi connectivity index (χ0v) is 18.7. The summed E-state index contributed by atoms with van der Waals surface area (Å²) in [6, 6.07) is 18.4. The van der Waals surface area contributed by atoms with E-state index in [1.165, 1.54) is 6.92 Å². The Bertz CT molecular complexity index is 844. The first-order valence-electron chi connectivity index (χ1n) is 10.4. The molecule has 1 aliphatic heterocycles. The SMILES string of the molecule is CCSC1O[C@@H](C)[C@@H](OC(=O)c2ccccc2)[C@@H](OC(C)=O)[C@@H]1OCc1ccccc1. The van der Waals surface area contributed by atoms with Crippen molar-refractivity contribution in [2.75, 3.05) is 5.75 Å². The van der Waals surface area contributed by atoms with Crippen LogP contribution in [0.3, 0.4) is 0 Å². The van der Waals surface area contributed by atoms with E-state index in [2.05, 4.69) is 0 Å². The van der Waals surface area contributed by atoms with E-state index in [0.717, 1.165) is 11.3 Å². The van der Waals surface area contributed by atoms with E-state index < -0.39 is 36.4 Å². The lowest BCUT2D eigenvalue weighted by molar-refractivity contribution is -0.223. The van der Waals surface area contributed by atoms with Crippen molar-refractivity contribution in [3.8, 4) is 0 Å². The van der Waals surface area contributed by atoms with Gasteiger partial charge in [-0.1, -0.05) is 55.5 Å². The molecule has 0 radical (unpaired) electrons. The van der Waals surface area contributed by atoms with Crippen LogP contribution in [0.15, 0.2) is 60.7 Å². The monoisotopic (exact) mass is 444 g/mol. The van der Waals surface area contributed by atoms with Crippen molar-refractivity contribution in [2.45, 2.75) is 57.2 Å². The van der Waals surface area contributed by atoms with Crippen LogP contribution in [0.1, 0.15) is 36.7 Å². The molecule has 0 aromatic heterocycles. The molecule has 2 aromatic carbocycles. The molecule has 0 amide bonds. The molecule has 7 heteroatoms. The maximum atomic E-state index is 12.7. The van der Waals surface area contributed by atoms with Gasteiger partial charge in [-0.15, -0.1) is 11.8 Å². The predicted molar refractivity (Wildman–Crippen MR) is 119 cm³/mol. The number of carbonyl (C=O) groups excluding carboxylic acids is 2. The molecule has 0 N–H and O–H groups in total. The summed E-state index contributed by atoms with van der Waals surface area (Å²) in [5.41, 5.74) is 1.05. The van der Waals surface area contributed by atoms with E-state index in [0.29, 0.717) is 12.2 Å². The van der Waals surface area contributed by atoms with Crippen molar-refractivity contribution in [3.63, 3.8) is 0 Å². The van der Waals surface area contributed by atoms with Gasteiger partial charge in [0.15, 0.2) is 12.2 Å². The van der Waals surface area contributed by atoms with Crippen LogP contribution in [-0.4, -0.2) is 47.5 Å². The van der Waals surface area contributed by atoms with Crippen molar-refractivity contribution in [1.82, 2.24) is 0 Å². The minimum absolute atomic E-state index is 0.321. The summed E-state index contributed by atoms with van der Waals surface area (Å²) in [4.78, 5) is 24.7. The highest BCUT2D eigenvalue weighted by atomic mass is 32.2. The zero-order chi connectivity index (χ0) is 22.2. The molecule has 1 heterocycles. The van der Waals surface area contributed by atoms with Gasteiger partial charge in [-0.05, 0) is 30.4 Å². The number of rotatable bonds is 8. The van der Waals surface area contributed by atoms with Gasteiger partial charge in [0.2, 0.25) is 0 Å². The Labute approximate surface area is 187 Å². The fourth-order valence-corrected chi connectivity index (χ4v) is 4.47. The molecular formula is C24H28O6S. The number of thioether (sulfide) groups is 1. The van der Waals surface area contributed by atoms with Crippen LogP contribution in [0, 0.1) is 0 Å². The Morgan fingerprint density at radius 2 is 1.58 bits per heavy atom. The van der Waals surface area contributed by atoms with Gasteiger partial charge in [-0.25, -0.2) is 4.79 Å². The molecule has 1 saturated heterocycles. The van der Waals surface area contributed by atoms with E-state index in [9.17, 15) is 9.59 Å². The summed E-state index contributed by atoms with van der Waals surface area (Å²) < 4.78 is 23.8. The van der Waals surface area contributed by atoms with Crippen LogP contribution in [0.2, 0.25) is 0 Å². The fraction of sp³-hybridized carbons (Fsp3) is 0.417. The van der Waals surface area contributed by atoms with E-state index in [1.807, 2.05) is 50.2 Å². The predicted octanol–water partition coefficient (Wildman–Crippen LogP) is 4.23. The Kier molecular flexibility index (Phi) is 8.51. The highest BCUT2D eigenvalue weighted by Crippen LogP contribution is 2.34. The van der Waals surface area contributed by atoms with Crippen molar-refractivity contribution >= 4 is 23.7 Å². The average molecular weight is 445 g/mol. The van der Waals surface area contributed by atoms with Gasteiger partial charge in [-0.2, -0.15) is 0 Å². The normalized spacial score (nSPS) is 25.6. The third-order valence-electron chi connectivity index (χ3n) is 4.90. The first-order valence-corrected chi connectivity index (χ1v) is 11.4. The third kappa shape index (κ3) is 6.32.